The third-order valence-electron chi connectivity index (χ3n) is 3.77. The molecule has 2 rings (SSSR count). The molecule has 1 saturated heterocycles. The number of piperidine rings is 1. The van der Waals surface area contributed by atoms with Crippen molar-refractivity contribution in [2.45, 2.75) is 32.4 Å². The Morgan fingerprint density at radius 1 is 1.45 bits per heavy atom. The molecule has 1 N–H and O–H groups in total. The molecule has 4 nitrogen and oxygen atoms in total. The van der Waals surface area contributed by atoms with E-state index in [9.17, 15) is 4.79 Å². The number of halogens is 1. The minimum atomic E-state index is 0.179. The largest absolute Gasteiger partial charge is 0.496 e. The maximum Gasteiger partial charge on any atom is 0.219 e. The molecule has 1 aromatic rings. The summed E-state index contributed by atoms with van der Waals surface area (Å²) in [6.07, 6.45) is 2.02. The Kier molecular flexibility index (Phi) is 5.43. The first-order valence-corrected chi connectivity index (χ1v) is 7.70. The van der Waals surface area contributed by atoms with Crippen LogP contribution in [-0.2, 0) is 11.3 Å². The Labute approximate surface area is 128 Å². The van der Waals surface area contributed by atoms with Gasteiger partial charge in [-0.3, -0.25) is 4.79 Å². The van der Waals surface area contributed by atoms with Gasteiger partial charge < -0.3 is 15.0 Å². The van der Waals surface area contributed by atoms with E-state index >= 15 is 0 Å². The van der Waals surface area contributed by atoms with Crippen molar-refractivity contribution >= 4 is 21.8 Å². The van der Waals surface area contributed by atoms with Gasteiger partial charge in [0.25, 0.3) is 0 Å². The van der Waals surface area contributed by atoms with Crippen LogP contribution in [0.2, 0.25) is 0 Å². The van der Waals surface area contributed by atoms with Gasteiger partial charge in [-0.05, 0) is 25.0 Å². The van der Waals surface area contributed by atoms with E-state index in [-0.39, 0.29) is 5.91 Å². The van der Waals surface area contributed by atoms with Gasteiger partial charge in [0.15, 0.2) is 0 Å². The van der Waals surface area contributed by atoms with E-state index in [0.29, 0.717) is 6.04 Å². The maximum absolute atomic E-state index is 11.3. The molecule has 0 aliphatic carbocycles. The second kappa shape index (κ2) is 7.09. The molecule has 1 aliphatic heterocycles. The van der Waals surface area contributed by atoms with E-state index in [2.05, 4.69) is 27.3 Å². The Balaban J connectivity index is 1.86. The third-order valence-corrected chi connectivity index (χ3v) is 4.26. The lowest BCUT2D eigenvalue weighted by atomic mass is 10.0. The van der Waals surface area contributed by atoms with Gasteiger partial charge in [-0.25, -0.2) is 0 Å². The molecule has 1 amide bonds. The number of hydrogen-bond donors (Lipinski definition) is 1. The number of carbonyl (C=O) groups is 1. The molecule has 0 spiro atoms. The number of amides is 1. The van der Waals surface area contributed by atoms with Crippen LogP contribution in [-0.4, -0.2) is 37.0 Å². The SMILES string of the molecule is COc1cc(Br)ccc1CNC1CCN(C(C)=O)CC1. The van der Waals surface area contributed by atoms with Gasteiger partial charge in [0.1, 0.15) is 5.75 Å². The number of benzene rings is 1. The van der Waals surface area contributed by atoms with Gasteiger partial charge in [0, 0.05) is 42.6 Å². The molecule has 1 heterocycles. The number of rotatable bonds is 4. The average molecular weight is 341 g/mol. The summed E-state index contributed by atoms with van der Waals surface area (Å²) >= 11 is 3.45. The van der Waals surface area contributed by atoms with E-state index < -0.39 is 0 Å². The number of nitrogens with one attached hydrogen (secondary N) is 1. The standard InChI is InChI=1S/C15H21BrN2O2/c1-11(19)18-7-5-14(6-8-18)17-10-12-3-4-13(16)9-15(12)20-2/h3-4,9,14,17H,5-8,10H2,1-2H3. The lowest BCUT2D eigenvalue weighted by Crippen LogP contribution is -2.43. The van der Waals surface area contributed by atoms with Crippen molar-refractivity contribution in [3.63, 3.8) is 0 Å². The predicted molar refractivity (Wildman–Crippen MR) is 82.8 cm³/mol. The number of nitrogens with zero attached hydrogens (tertiary/aromatic N) is 1. The van der Waals surface area contributed by atoms with Crippen molar-refractivity contribution in [3.8, 4) is 5.75 Å². The second-order valence-corrected chi connectivity index (χ2v) is 6.03. The molecule has 0 atom stereocenters. The summed E-state index contributed by atoms with van der Waals surface area (Å²) in [5.41, 5.74) is 1.16. The quantitative estimate of drug-likeness (QED) is 0.915. The Morgan fingerprint density at radius 2 is 2.15 bits per heavy atom. The van der Waals surface area contributed by atoms with Crippen molar-refractivity contribution in [1.82, 2.24) is 10.2 Å². The number of hydrogen-bond acceptors (Lipinski definition) is 3. The molecule has 1 fully saturated rings. The summed E-state index contributed by atoms with van der Waals surface area (Å²) in [6.45, 7) is 4.14. The van der Waals surface area contributed by atoms with Crippen LogP contribution in [0.1, 0.15) is 25.3 Å². The number of methoxy groups -OCH3 is 1. The van der Waals surface area contributed by atoms with Crippen molar-refractivity contribution in [1.29, 1.82) is 0 Å². The van der Waals surface area contributed by atoms with Gasteiger partial charge >= 0.3 is 0 Å². The van der Waals surface area contributed by atoms with E-state index in [1.54, 1.807) is 14.0 Å². The van der Waals surface area contributed by atoms with E-state index in [1.165, 1.54) is 0 Å². The summed E-state index contributed by atoms with van der Waals surface area (Å²) < 4.78 is 6.41. The number of likely N-dealkylation sites (tertiary alicyclic amines) is 1. The normalized spacial score (nSPS) is 16.2. The first-order chi connectivity index (χ1) is 9.60. The highest BCUT2D eigenvalue weighted by Crippen LogP contribution is 2.23. The van der Waals surface area contributed by atoms with Crippen molar-refractivity contribution in [2.75, 3.05) is 20.2 Å². The molecule has 0 aromatic heterocycles. The summed E-state index contributed by atoms with van der Waals surface area (Å²) in [5, 5.41) is 3.56. The van der Waals surface area contributed by atoms with Crippen LogP contribution in [0.3, 0.4) is 0 Å². The first kappa shape index (κ1) is 15.3. The van der Waals surface area contributed by atoms with Crippen molar-refractivity contribution in [2.24, 2.45) is 0 Å². The van der Waals surface area contributed by atoms with Gasteiger partial charge in [0.05, 0.1) is 7.11 Å². The fourth-order valence-electron chi connectivity index (χ4n) is 2.52. The van der Waals surface area contributed by atoms with Crippen LogP contribution in [0.25, 0.3) is 0 Å². The minimum Gasteiger partial charge on any atom is -0.496 e. The summed E-state index contributed by atoms with van der Waals surface area (Å²) in [5.74, 6) is 1.08. The smallest absolute Gasteiger partial charge is 0.219 e. The lowest BCUT2D eigenvalue weighted by Gasteiger charge is -2.32. The molecule has 0 radical (unpaired) electrons. The van der Waals surface area contributed by atoms with Crippen LogP contribution in [0, 0.1) is 0 Å². The van der Waals surface area contributed by atoms with Gasteiger partial charge in [-0.15, -0.1) is 0 Å². The maximum atomic E-state index is 11.3. The van der Waals surface area contributed by atoms with Gasteiger partial charge in [-0.1, -0.05) is 22.0 Å². The van der Waals surface area contributed by atoms with E-state index in [1.807, 2.05) is 17.0 Å². The first-order valence-electron chi connectivity index (χ1n) is 6.91. The van der Waals surface area contributed by atoms with Crippen LogP contribution in [0.5, 0.6) is 5.75 Å². The zero-order chi connectivity index (χ0) is 14.5. The average Bonchev–Trinajstić information content (AvgIpc) is 2.46. The summed E-state index contributed by atoms with van der Waals surface area (Å²) in [7, 11) is 1.69. The Bertz CT molecular complexity index is 471. The minimum absolute atomic E-state index is 0.179. The molecule has 20 heavy (non-hydrogen) atoms. The lowest BCUT2D eigenvalue weighted by molar-refractivity contribution is -0.129. The van der Waals surface area contributed by atoms with Crippen molar-refractivity contribution in [3.05, 3.63) is 28.2 Å². The van der Waals surface area contributed by atoms with Crippen LogP contribution < -0.4 is 10.1 Å². The molecule has 5 heteroatoms. The highest BCUT2D eigenvalue weighted by molar-refractivity contribution is 9.10. The molecule has 0 saturated carbocycles. The summed E-state index contributed by atoms with van der Waals surface area (Å²) in [4.78, 5) is 13.2. The number of carbonyl (C=O) groups excluding carboxylic acids is 1. The highest BCUT2D eigenvalue weighted by Gasteiger charge is 2.20. The van der Waals surface area contributed by atoms with Crippen LogP contribution in [0.4, 0.5) is 0 Å². The third kappa shape index (κ3) is 3.96. The fraction of sp³-hybridized carbons (Fsp3) is 0.533. The molecule has 0 unspecified atom stereocenters. The second-order valence-electron chi connectivity index (χ2n) is 5.12. The molecule has 1 aromatic carbocycles. The zero-order valence-corrected chi connectivity index (χ0v) is 13.6. The topological polar surface area (TPSA) is 41.6 Å². The highest BCUT2D eigenvalue weighted by atomic mass is 79.9. The zero-order valence-electron chi connectivity index (χ0n) is 12.0. The van der Waals surface area contributed by atoms with Gasteiger partial charge in [0.2, 0.25) is 5.91 Å². The van der Waals surface area contributed by atoms with E-state index in [4.69, 9.17) is 4.74 Å². The molecule has 1 aliphatic rings. The number of ether oxygens (including phenoxy) is 1. The summed E-state index contributed by atoms with van der Waals surface area (Å²) in [6, 6.07) is 6.55. The van der Waals surface area contributed by atoms with Crippen LogP contribution >= 0.6 is 15.9 Å². The van der Waals surface area contributed by atoms with E-state index in [0.717, 1.165) is 48.3 Å². The van der Waals surface area contributed by atoms with Crippen LogP contribution in [0.15, 0.2) is 22.7 Å². The van der Waals surface area contributed by atoms with Crippen molar-refractivity contribution < 1.29 is 9.53 Å². The predicted octanol–water partition coefficient (Wildman–Crippen LogP) is 2.56. The Morgan fingerprint density at radius 3 is 2.75 bits per heavy atom. The molecular weight excluding hydrogens is 320 g/mol. The van der Waals surface area contributed by atoms with Gasteiger partial charge in [-0.2, -0.15) is 0 Å². The monoisotopic (exact) mass is 340 g/mol. The molecule has 0 bridgehead atoms. The Hall–Kier alpha value is -1.07. The molecular formula is C15H21BrN2O2. The fourth-order valence-corrected chi connectivity index (χ4v) is 2.86. The molecule has 110 valence electrons.